The minimum Gasteiger partial charge on any atom is -0.760 e. The number of hydrogen-bond donors (Lipinski definition) is 2. The van der Waals surface area contributed by atoms with E-state index in [4.69, 9.17) is 13.6 Å². The first-order valence-electron chi connectivity index (χ1n) is 8.28. The lowest BCUT2D eigenvalue weighted by Gasteiger charge is -2.20. The highest BCUT2D eigenvalue weighted by atomic mass is 79.9. The van der Waals surface area contributed by atoms with Gasteiger partial charge in [0, 0.05) is 23.4 Å². The maximum absolute atomic E-state index is 10.8. The average molecular weight is 477 g/mol. The quantitative estimate of drug-likeness (QED) is 0.320. The van der Waals surface area contributed by atoms with E-state index in [1.54, 1.807) is 31.4 Å². The van der Waals surface area contributed by atoms with Gasteiger partial charge in [0.1, 0.15) is 5.75 Å². The van der Waals surface area contributed by atoms with Crippen molar-refractivity contribution in [1.29, 1.82) is 0 Å². The van der Waals surface area contributed by atoms with Crippen molar-refractivity contribution >= 4 is 35.5 Å². The van der Waals surface area contributed by atoms with Crippen molar-refractivity contribution in [2.24, 2.45) is 0 Å². The second-order valence-electron chi connectivity index (χ2n) is 6.80. The molecule has 0 spiro atoms. The Morgan fingerprint density at radius 3 is 2.70 bits per heavy atom. The third kappa shape index (κ3) is 6.08. The summed E-state index contributed by atoms with van der Waals surface area (Å²) in [7, 11) is -0.478. The van der Waals surface area contributed by atoms with E-state index < -0.39 is 19.6 Å². The SMILES string of the molecule is COc1cccc(-c2oc(C(Br)CCNS(=O)[O-])c(O[Si](C)(C)C)c2O)c1. The van der Waals surface area contributed by atoms with Gasteiger partial charge in [-0.2, -0.15) is 0 Å². The van der Waals surface area contributed by atoms with Crippen LogP contribution in [-0.4, -0.2) is 35.8 Å². The summed E-state index contributed by atoms with van der Waals surface area (Å²) < 4.78 is 40.9. The third-order valence-corrected chi connectivity index (χ3v) is 5.64. The van der Waals surface area contributed by atoms with Crippen LogP contribution in [0, 0.1) is 0 Å². The Balaban J connectivity index is 2.42. The standard InChI is InChI=1S/C17H24BrNO6SSi/c1-23-12-7-5-6-11(10-12)15-14(20)17(25-27(2,3)4)16(24-15)13(18)8-9-19-26(21)22/h5-7,10,13,19-20H,8-9H2,1-4H3,(H,21,22)/p-1. The summed E-state index contributed by atoms with van der Waals surface area (Å²) >= 11 is 1.18. The number of ether oxygens (including phenoxy) is 1. The Hall–Kier alpha value is -1.33. The third-order valence-electron chi connectivity index (χ3n) is 3.51. The van der Waals surface area contributed by atoms with Crippen molar-refractivity contribution in [2.75, 3.05) is 13.7 Å². The van der Waals surface area contributed by atoms with E-state index >= 15 is 0 Å². The number of furan rings is 1. The molecular formula is C17H23BrNO6SSi-. The molecule has 0 saturated carbocycles. The summed E-state index contributed by atoms with van der Waals surface area (Å²) in [5.41, 5.74) is 0.650. The summed E-state index contributed by atoms with van der Waals surface area (Å²) in [4.78, 5) is -0.342. The van der Waals surface area contributed by atoms with Gasteiger partial charge >= 0.3 is 0 Å². The molecule has 2 unspecified atom stereocenters. The first-order valence-corrected chi connectivity index (χ1v) is 13.7. The van der Waals surface area contributed by atoms with Gasteiger partial charge in [-0.15, -0.1) is 0 Å². The van der Waals surface area contributed by atoms with Crippen LogP contribution < -0.4 is 13.9 Å². The molecule has 0 saturated heterocycles. The molecule has 7 nitrogen and oxygen atoms in total. The van der Waals surface area contributed by atoms with Crippen molar-refractivity contribution in [3.05, 3.63) is 30.0 Å². The van der Waals surface area contributed by atoms with Crippen LogP contribution in [0.25, 0.3) is 11.3 Å². The first kappa shape index (κ1) is 22.0. The molecule has 2 aromatic rings. The van der Waals surface area contributed by atoms with Crippen LogP contribution in [0.4, 0.5) is 0 Å². The Labute approximate surface area is 170 Å². The largest absolute Gasteiger partial charge is 0.760 e. The zero-order chi connectivity index (χ0) is 20.2. The molecule has 0 amide bonds. The van der Waals surface area contributed by atoms with E-state index in [2.05, 4.69) is 20.7 Å². The predicted octanol–water partition coefficient (Wildman–Crippen LogP) is 4.08. The summed E-state index contributed by atoms with van der Waals surface area (Å²) in [5.74, 6) is 1.55. The van der Waals surface area contributed by atoms with Crippen LogP contribution in [0.5, 0.6) is 17.2 Å². The second-order valence-corrected chi connectivity index (χ2v) is 13.1. The highest BCUT2D eigenvalue weighted by Crippen LogP contribution is 2.49. The fourth-order valence-electron chi connectivity index (χ4n) is 2.40. The summed E-state index contributed by atoms with van der Waals surface area (Å²) in [5, 5.41) is 10.8. The first-order chi connectivity index (χ1) is 12.6. The van der Waals surface area contributed by atoms with Crippen LogP contribution in [-0.2, 0) is 11.3 Å². The Bertz CT molecular complexity index is 807. The number of rotatable bonds is 9. The van der Waals surface area contributed by atoms with Crippen molar-refractivity contribution in [2.45, 2.75) is 30.9 Å². The monoisotopic (exact) mass is 476 g/mol. The van der Waals surface area contributed by atoms with E-state index in [9.17, 15) is 13.9 Å². The van der Waals surface area contributed by atoms with Gasteiger partial charge < -0.3 is 23.2 Å². The molecule has 27 heavy (non-hydrogen) atoms. The van der Waals surface area contributed by atoms with Crippen LogP contribution in [0.2, 0.25) is 19.6 Å². The molecule has 0 aliphatic rings. The van der Waals surface area contributed by atoms with Gasteiger partial charge in [0.25, 0.3) is 0 Å². The van der Waals surface area contributed by atoms with E-state index in [1.807, 2.05) is 19.6 Å². The number of benzene rings is 1. The predicted molar refractivity (Wildman–Crippen MR) is 110 cm³/mol. The van der Waals surface area contributed by atoms with E-state index in [1.165, 1.54) is 0 Å². The molecule has 0 aliphatic heterocycles. The zero-order valence-corrected chi connectivity index (χ0v) is 19.0. The molecule has 10 heteroatoms. The van der Waals surface area contributed by atoms with Gasteiger partial charge in [-0.05, 0) is 38.2 Å². The number of aromatic hydroxyl groups is 1. The van der Waals surface area contributed by atoms with Gasteiger partial charge in [0.2, 0.25) is 14.1 Å². The molecule has 2 rings (SSSR count). The van der Waals surface area contributed by atoms with E-state index in [0.717, 1.165) is 0 Å². The molecule has 1 aromatic heterocycles. The van der Waals surface area contributed by atoms with Gasteiger partial charge in [-0.3, -0.25) is 4.21 Å². The Kier molecular flexibility index (Phi) is 7.52. The molecule has 2 N–H and O–H groups in total. The van der Waals surface area contributed by atoms with Gasteiger partial charge in [-0.1, -0.05) is 28.1 Å². The highest BCUT2D eigenvalue weighted by molar-refractivity contribution is 9.09. The second kappa shape index (κ2) is 9.24. The Morgan fingerprint density at radius 1 is 1.41 bits per heavy atom. The molecule has 1 heterocycles. The topological polar surface area (TPSA) is 104 Å². The lowest BCUT2D eigenvalue weighted by atomic mass is 10.1. The van der Waals surface area contributed by atoms with Gasteiger partial charge in [0.05, 0.1) is 11.9 Å². The maximum Gasteiger partial charge on any atom is 0.242 e. The summed E-state index contributed by atoms with van der Waals surface area (Å²) in [6.07, 6.45) is 0.417. The zero-order valence-electron chi connectivity index (χ0n) is 15.6. The van der Waals surface area contributed by atoms with Crippen LogP contribution >= 0.6 is 15.9 Å². The number of methoxy groups -OCH3 is 1. The molecular weight excluding hydrogens is 454 g/mol. The fraction of sp³-hybridized carbons (Fsp3) is 0.412. The summed E-state index contributed by atoms with van der Waals surface area (Å²) in [6, 6.07) is 7.15. The van der Waals surface area contributed by atoms with Gasteiger partial charge in [0.15, 0.2) is 17.3 Å². The molecule has 0 radical (unpaired) electrons. The van der Waals surface area contributed by atoms with Crippen molar-refractivity contribution in [3.63, 3.8) is 0 Å². The molecule has 150 valence electrons. The minimum absolute atomic E-state index is 0.0783. The van der Waals surface area contributed by atoms with E-state index in [0.29, 0.717) is 23.5 Å². The number of hydrogen-bond acceptors (Lipinski definition) is 6. The Morgan fingerprint density at radius 2 is 2.11 bits per heavy atom. The maximum atomic E-state index is 10.8. The number of halogens is 1. The lowest BCUT2D eigenvalue weighted by Crippen LogP contribution is -2.29. The fourth-order valence-corrected chi connectivity index (χ4v) is 4.02. The van der Waals surface area contributed by atoms with Crippen LogP contribution in [0.3, 0.4) is 0 Å². The van der Waals surface area contributed by atoms with Crippen LogP contribution in [0.15, 0.2) is 28.7 Å². The highest BCUT2D eigenvalue weighted by Gasteiger charge is 2.30. The molecule has 0 bridgehead atoms. The number of alkyl halides is 1. The smallest absolute Gasteiger partial charge is 0.242 e. The normalized spacial score (nSPS) is 14.0. The molecule has 1 aromatic carbocycles. The molecule has 0 aliphatic carbocycles. The average Bonchev–Trinajstić information content (AvgIpc) is 2.90. The number of nitrogens with one attached hydrogen (secondary N) is 1. The van der Waals surface area contributed by atoms with Gasteiger partial charge in [-0.25, -0.2) is 4.72 Å². The van der Waals surface area contributed by atoms with Crippen molar-refractivity contribution < 1.29 is 27.4 Å². The summed E-state index contributed by atoms with van der Waals surface area (Å²) in [6.45, 7) is 6.22. The van der Waals surface area contributed by atoms with E-state index in [-0.39, 0.29) is 28.6 Å². The molecule has 0 fully saturated rings. The lowest BCUT2D eigenvalue weighted by molar-refractivity contribution is 0.414. The van der Waals surface area contributed by atoms with Crippen molar-refractivity contribution in [3.8, 4) is 28.6 Å². The molecule has 2 atom stereocenters. The van der Waals surface area contributed by atoms with Crippen LogP contribution in [0.1, 0.15) is 17.0 Å². The van der Waals surface area contributed by atoms with Crippen molar-refractivity contribution in [1.82, 2.24) is 4.72 Å². The minimum atomic E-state index is -2.33.